The highest BCUT2D eigenvalue weighted by atomic mass is 32.1. The van der Waals surface area contributed by atoms with Gasteiger partial charge in [0.2, 0.25) is 0 Å². The molecule has 0 radical (unpaired) electrons. The normalized spacial score (nSPS) is 11.8. The molecule has 2 heterocycles. The van der Waals surface area contributed by atoms with Crippen molar-refractivity contribution in [1.29, 1.82) is 0 Å². The molecule has 2 aromatic heterocycles. The second-order valence-corrected chi connectivity index (χ2v) is 5.95. The Morgan fingerprint density at radius 1 is 1.17 bits per heavy atom. The van der Waals surface area contributed by atoms with Gasteiger partial charge in [-0.2, -0.15) is 13.2 Å². The third kappa shape index (κ3) is 2.67. The third-order valence-electron chi connectivity index (χ3n) is 3.37. The molecule has 9 heteroatoms. The van der Waals surface area contributed by atoms with Crippen molar-refractivity contribution in [2.24, 2.45) is 5.73 Å². The predicted molar refractivity (Wildman–Crippen MR) is 82.9 cm³/mol. The summed E-state index contributed by atoms with van der Waals surface area (Å²) in [6.07, 6.45) is -4.69. The molecule has 124 valence electrons. The summed E-state index contributed by atoms with van der Waals surface area (Å²) in [6.45, 7) is 0. The molecule has 0 unspecified atom stereocenters. The van der Waals surface area contributed by atoms with Crippen molar-refractivity contribution in [1.82, 2.24) is 4.98 Å². The number of amides is 1. The molecular formula is C15H9F4N3OS. The van der Waals surface area contributed by atoms with Crippen LogP contribution in [0.25, 0.3) is 21.3 Å². The number of anilines is 1. The minimum absolute atomic E-state index is 0.0388. The lowest BCUT2D eigenvalue weighted by molar-refractivity contribution is -0.140. The molecule has 3 rings (SSSR count). The van der Waals surface area contributed by atoms with Crippen molar-refractivity contribution in [2.45, 2.75) is 6.18 Å². The van der Waals surface area contributed by atoms with Crippen LogP contribution in [0.4, 0.5) is 23.2 Å². The molecule has 0 saturated heterocycles. The van der Waals surface area contributed by atoms with Crippen molar-refractivity contribution in [3.8, 4) is 11.1 Å². The molecule has 0 aliphatic heterocycles. The average Bonchev–Trinajstić information content (AvgIpc) is 2.84. The Labute approximate surface area is 136 Å². The molecule has 0 atom stereocenters. The van der Waals surface area contributed by atoms with Gasteiger partial charge in [-0.1, -0.05) is 12.1 Å². The zero-order chi connectivity index (χ0) is 17.6. The van der Waals surface area contributed by atoms with Crippen LogP contribution in [0.5, 0.6) is 0 Å². The van der Waals surface area contributed by atoms with Gasteiger partial charge in [-0.05, 0) is 29.3 Å². The Bertz CT molecular complexity index is 948. The summed E-state index contributed by atoms with van der Waals surface area (Å²) >= 11 is 0.690. The fourth-order valence-electron chi connectivity index (χ4n) is 2.31. The Hall–Kier alpha value is -2.68. The molecule has 4 nitrogen and oxygen atoms in total. The van der Waals surface area contributed by atoms with Crippen molar-refractivity contribution in [3.05, 3.63) is 46.7 Å². The van der Waals surface area contributed by atoms with Crippen LogP contribution in [-0.2, 0) is 6.18 Å². The summed E-state index contributed by atoms with van der Waals surface area (Å²) in [7, 11) is 0. The summed E-state index contributed by atoms with van der Waals surface area (Å²) < 4.78 is 52.4. The van der Waals surface area contributed by atoms with Crippen molar-refractivity contribution < 1.29 is 22.4 Å². The van der Waals surface area contributed by atoms with Crippen LogP contribution in [0.15, 0.2) is 30.3 Å². The lowest BCUT2D eigenvalue weighted by atomic mass is 10.0. The third-order valence-corrected chi connectivity index (χ3v) is 4.48. The van der Waals surface area contributed by atoms with E-state index in [4.69, 9.17) is 11.5 Å². The summed E-state index contributed by atoms with van der Waals surface area (Å²) in [5.41, 5.74) is 10.3. The van der Waals surface area contributed by atoms with E-state index < -0.39 is 23.6 Å². The van der Waals surface area contributed by atoms with Gasteiger partial charge in [-0.15, -0.1) is 11.3 Å². The van der Waals surface area contributed by atoms with Gasteiger partial charge in [0.05, 0.1) is 5.69 Å². The summed E-state index contributed by atoms with van der Waals surface area (Å²) in [4.78, 5) is 14.8. The van der Waals surface area contributed by atoms with Gasteiger partial charge in [-0.3, -0.25) is 4.79 Å². The number of halogens is 4. The largest absolute Gasteiger partial charge is 0.433 e. The van der Waals surface area contributed by atoms with Crippen LogP contribution < -0.4 is 11.5 Å². The van der Waals surface area contributed by atoms with Crippen LogP contribution in [0.2, 0.25) is 0 Å². The number of nitrogens with two attached hydrogens (primary N) is 2. The molecule has 0 saturated carbocycles. The van der Waals surface area contributed by atoms with Crippen molar-refractivity contribution in [2.75, 3.05) is 5.73 Å². The summed E-state index contributed by atoms with van der Waals surface area (Å²) in [5, 5.41) is 0.188. The lowest BCUT2D eigenvalue weighted by Crippen LogP contribution is -2.10. The van der Waals surface area contributed by atoms with Crippen LogP contribution in [0, 0.1) is 5.82 Å². The maximum Gasteiger partial charge on any atom is 0.433 e. The maximum absolute atomic E-state index is 13.1. The molecule has 0 bridgehead atoms. The van der Waals surface area contributed by atoms with E-state index in [1.54, 1.807) is 0 Å². The number of nitrogen functional groups attached to an aromatic ring is 1. The lowest BCUT2D eigenvalue weighted by Gasteiger charge is -2.10. The number of pyridine rings is 1. The minimum Gasteiger partial charge on any atom is -0.397 e. The number of aromatic nitrogens is 1. The second-order valence-electron chi connectivity index (χ2n) is 4.95. The standard InChI is InChI=1S/C15H9F4N3OS/c16-7-3-1-6(2-4-7)8-5-9(15(17,18)19)22-14-10(8)11(20)12(24-14)13(21)23/h1-5H,20H2,(H2,21,23). The van der Waals surface area contributed by atoms with Gasteiger partial charge in [0, 0.05) is 5.39 Å². The fourth-order valence-corrected chi connectivity index (χ4v) is 3.28. The molecular weight excluding hydrogens is 346 g/mol. The zero-order valence-electron chi connectivity index (χ0n) is 11.8. The van der Waals surface area contributed by atoms with E-state index in [2.05, 4.69) is 4.98 Å². The van der Waals surface area contributed by atoms with E-state index in [9.17, 15) is 22.4 Å². The smallest absolute Gasteiger partial charge is 0.397 e. The van der Waals surface area contributed by atoms with Gasteiger partial charge < -0.3 is 11.5 Å². The topological polar surface area (TPSA) is 82.0 Å². The monoisotopic (exact) mass is 355 g/mol. The van der Waals surface area contributed by atoms with Gasteiger partial charge in [0.25, 0.3) is 5.91 Å². The summed E-state index contributed by atoms with van der Waals surface area (Å²) in [6, 6.07) is 5.71. The number of nitrogens with zero attached hydrogens (tertiary/aromatic N) is 1. The van der Waals surface area contributed by atoms with Crippen molar-refractivity contribution >= 4 is 33.1 Å². The Morgan fingerprint density at radius 3 is 2.33 bits per heavy atom. The van der Waals surface area contributed by atoms with Crippen LogP contribution in [0.3, 0.4) is 0 Å². The fraction of sp³-hybridized carbons (Fsp3) is 0.0667. The Balaban J connectivity index is 2.39. The average molecular weight is 355 g/mol. The first-order valence-corrected chi connectivity index (χ1v) is 7.36. The van der Waals surface area contributed by atoms with E-state index >= 15 is 0 Å². The quantitative estimate of drug-likeness (QED) is 0.686. The van der Waals surface area contributed by atoms with Gasteiger partial charge >= 0.3 is 6.18 Å². The first-order chi connectivity index (χ1) is 11.2. The second kappa shape index (κ2) is 5.45. The number of hydrogen-bond donors (Lipinski definition) is 2. The van der Waals surface area contributed by atoms with Gasteiger partial charge in [-0.25, -0.2) is 9.37 Å². The van der Waals surface area contributed by atoms with E-state index in [-0.39, 0.29) is 26.3 Å². The molecule has 4 N–H and O–H groups in total. The van der Waals surface area contributed by atoms with Crippen molar-refractivity contribution in [3.63, 3.8) is 0 Å². The van der Waals surface area contributed by atoms with E-state index in [1.807, 2.05) is 0 Å². The molecule has 0 fully saturated rings. The number of primary amides is 1. The molecule has 24 heavy (non-hydrogen) atoms. The van der Waals surface area contributed by atoms with Gasteiger partial charge in [0.1, 0.15) is 21.2 Å². The number of alkyl halides is 3. The van der Waals surface area contributed by atoms with E-state index in [1.165, 1.54) is 12.1 Å². The van der Waals surface area contributed by atoms with Crippen LogP contribution in [-0.4, -0.2) is 10.9 Å². The number of carbonyl (C=O) groups excluding carboxylic acids is 1. The molecule has 0 aliphatic carbocycles. The molecule has 1 aromatic carbocycles. The number of fused-ring (bicyclic) bond motifs is 1. The first kappa shape index (κ1) is 16.2. The number of benzene rings is 1. The maximum atomic E-state index is 13.1. The molecule has 3 aromatic rings. The number of hydrogen-bond acceptors (Lipinski definition) is 4. The minimum atomic E-state index is -4.69. The van der Waals surface area contributed by atoms with Crippen LogP contribution >= 0.6 is 11.3 Å². The molecule has 1 amide bonds. The SMILES string of the molecule is NC(=O)c1sc2nc(C(F)(F)F)cc(-c3ccc(F)cc3)c2c1N. The summed E-state index contributed by atoms with van der Waals surface area (Å²) in [5.74, 6) is -1.38. The van der Waals surface area contributed by atoms with Crippen LogP contribution in [0.1, 0.15) is 15.4 Å². The molecule has 0 aliphatic rings. The zero-order valence-corrected chi connectivity index (χ0v) is 12.6. The highest BCUT2D eigenvalue weighted by Gasteiger charge is 2.34. The number of thiophene rings is 1. The number of rotatable bonds is 2. The Kier molecular flexibility index (Phi) is 3.67. The Morgan fingerprint density at radius 2 is 1.79 bits per heavy atom. The van der Waals surface area contributed by atoms with E-state index in [0.29, 0.717) is 16.9 Å². The predicted octanol–water partition coefficient (Wildman–Crippen LogP) is 3.80. The molecule has 0 spiro atoms. The first-order valence-electron chi connectivity index (χ1n) is 6.54. The van der Waals surface area contributed by atoms with E-state index in [0.717, 1.165) is 18.2 Å². The highest BCUT2D eigenvalue weighted by molar-refractivity contribution is 7.21. The highest BCUT2D eigenvalue weighted by Crippen LogP contribution is 2.42. The number of carbonyl (C=O) groups is 1. The van der Waals surface area contributed by atoms with Gasteiger partial charge in [0.15, 0.2) is 0 Å².